The monoisotopic (exact) mass is 264 g/mol. The van der Waals surface area contributed by atoms with Crippen LogP contribution in [-0.2, 0) is 0 Å². The molecule has 0 aromatic carbocycles. The van der Waals surface area contributed by atoms with Gasteiger partial charge in [0, 0.05) is 0 Å². The molecule has 0 N–H and O–H groups in total. The van der Waals surface area contributed by atoms with Crippen molar-refractivity contribution in [1.29, 1.82) is 0 Å². The lowest BCUT2D eigenvalue weighted by molar-refractivity contribution is -0.0893. The van der Waals surface area contributed by atoms with Gasteiger partial charge in [-0.15, -0.1) is 0 Å². The number of rotatable bonds is 0. The second kappa shape index (κ2) is 5.41. The van der Waals surface area contributed by atoms with E-state index in [1.165, 1.54) is 64.2 Å². The molecule has 2 aliphatic carbocycles. The highest BCUT2D eigenvalue weighted by Gasteiger charge is 2.53. The molecule has 0 aromatic heterocycles. The van der Waals surface area contributed by atoms with Crippen molar-refractivity contribution in [2.75, 3.05) is 0 Å². The molecule has 0 radical (unpaired) electrons. The van der Waals surface area contributed by atoms with Gasteiger partial charge in [-0.05, 0) is 47.8 Å². The van der Waals surface area contributed by atoms with Crippen LogP contribution in [0.5, 0.6) is 0 Å². The molecule has 0 bridgehead atoms. The van der Waals surface area contributed by atoms with Crippen LogP contribution in [0.1, 0.15) is 98.8 Å². The maximum Gasteiger partial charge on any atom is -0.0221 e. The van der Waals surface area contributed by atoms with Crippen molar-refractivity contribution < 1.29 is 0 Å². The lowest BCUT2D eigenvalue weighted by Gasteiger charge is -2.59. The third kappa shape index (κ3) is 2.74. The number of hydrogen-bond donors (Lipinski definition) is 0. The normalized spacial score (nSPS) is 44.4. The van der Waals surface area contributed by atoms with Crippen molar-refractivity contribution in [3.8, 4) is 0 Å². The van der Waals surface area contributed by atoms with Crippen LogP contribution in [0, 0.1) is 22.2 Å². The van der Waals surface area contributed by atoms with Crippen LogP contribution in [-0.4, -0.2) is 0 Å². The molecule has 112 valence electrons. The van der Waals surface area contributed by atoms with E-state index in [2.05, 4.69) is 34.6 Å². The molecule has 2 saturated carbocycles. The molecule has 0 aliphatic heterocycles. The van der Waals surface area contributed by atoms with Crippen molar-refractivity contribution in [2.45, 2.75) is 98.8 Å². The van der Waals surface area contributed by atoms with Crippen LogP contribution in [0.4, 0.5) is 0 Å². The first-order valence-corrected chi connectivity index (χ1v) is 8.81. The van der Waals surface area contributed by atoms with Gasteiger partial charge in [0.05, 0.1) is 0 Å². The fraction of sp³-hybridized carbons (Fsp3) is 1.00. The quantitative estimate of drug-likeness (QED) is 0.463. The fourth-order valence-corrected chi connectivity index (χ4v) is 5.19. The van der Waals surface area contributed by atoms with Crippen LogP contribution >= 0.6 is 0 Å². The summed E-state index contributed by atoms with van der Waals surface area (Å²) in [5, 5.41) is 0. The molecular weight excluding hydrogens is 228 g/mol. The van der Waals surface area contributed by atoms with Crippen molar-refractivity contribution in [3.05, 3.63) is 0 Å². The Morgan fingerprint density at radius 1 is 0.684 bits per heavy atom. The van der Waals surface area contributed by atoms with E-state index in [9.17, 15) is 0 Å². The van der Waals surface area contributed by atoms with Crippen LogP contribution in [0.2, 0.25) is 0 Å². The predicted octanol–water partition coefficient (Wildman–Crippen LogP) is 6.59. The van der Waals surface area contributed by atoms with Crippen molar-refractivity contribution in [2.24, 2.45) is 22.2 Å². The van der Waals surface area contributed by atoms with E-state index in [-0.39, 0.29) is 0 Å². The van der Waals surface area contributed by atoms with Crippen LogP contribution < -0.4 is 0 Å². The minimum atomic E-state index is 0.513. The van der Waals surface area contributed by atoms with Gasteiger partial charge in [0.25, 0.3) is 0 Å². The van der Waals surface area contributed by atoms with Crippen molar-refractivity contribution in [1.82, 2.24) is 0 Å². The highest BCUT2D eigenvalue weighted by Crippen LogP contribution is 2.62. The number of fused-ring (bicyclic) bond motifs is 1. The Morgan fingerprint density at radius 2 is 1.32 bits per heavy atom. The first kappa shape index (κ1) is 15.4. The first-order valence-electron chi connectivity index (χ1n) is 8.81. The van der Waals surface area contributed by atoms with E-state index >= 15 is 0 Å². The number of hydrogen-bond acceptors (Lipinski definition) is 0. The minimum absolute atomic E-state index is 0.513. The third-order valence-corrected chi connectivity index (χ3v) is 7.42. The van der Waals surface area contributed by atoms with E-state index in [4.69, 9.17) is 0 Å². The third-order valence-electron chi connectivity index (χ3n) is 7.42. The highest BCUT2D eigenvalue weighted by atomic mass is 14.6. The predicted molar refractivity (Wildman–Crippen MR) is 85.3 cm³/mol. The lowest BCUT2D eigenvalue weighted by atomic mass is 9.46. The van der Waals surface area contributed by atoms with Gasteiger partial charge in [0.15, 0.2) is 0 Å². The zero-order valence-electron chi connectivity index (χ0n) is 14.1. The van der Waals surface area contributed by atoms with Crippen LogP contribution in [0.25, 0.3) is 0 Å². The summed E-state index contributed by atoms with van der Waals surface area (Å²) in [6, 6.07) is 0. The zero-order valence-corrected chi connectivity index (χ0v) is 14.1. The van der Waals surface area contributed by atoms with Crippen LogP contribution in [0.15, 0.2) is 0 Å². The van der Waals surface area contributed by atoms with Gasteiger partial charge in [-0.3, -0.25) is 0 Å². The Labute approximate surface area is 121 Å². The molecule has 0 nitrogen and oxygen atoms in total. The smallest absolute Gasteiger partial charge is 0.0221 e. The molecule has 2 fully saturated rings. The molecule has 0 spiro atoms. The SMILES string of the molecule is CC1CCCC2(C)CCCCCC(C)(C)C2(C)CC1. The topological polar surface area (TPSA) is 0 Å². The summed E-state index contributed by atoms with van der Waals surface area (Å²) in [7, 11) is 0. The Balaban J connectivity index is 2.35. The summed E-state index contributed by atoms with van der Waals surface area (Å²) in [5.41, 5.74) is 1.63. The Morgan fingerprint density at radius 3 is 2.05 bits per heavy atom. The van der Waals surface area contributed by atoms with E-state index in [1.807, 2.05) is 0 Å². The van der Waals surface area contributed by atoms with E-state index in [1.54, 1.807) is 0 Å². The second-order valence-corrected chi connectivity index (χ2v) is 8.87. The molecule has 0 heterocycles. The van der Waals surface area contributed by atoms with Crippen LogP contribution in [0.3, 0.4) is 0 Å². The molecule has 0 aromatic rings. The average Bonchev–Trinajstić information content (AvgIpc) is 2.33. The first-order chi connectivity index (χ1) is 8.81. The molecule has 3 unspecified atom stereocenters. The molecule has 3 atom stereocenters. The van der Waals surface area contributed by atoms with Gasteiger partial charge in [-0.25, -0.2) is 0 Å². The summed E-state index contributed by atoms with van der Waals surface area (Å²) in [6.45, 7) is 12.9. The van der Waals surface area contributed by atoms with Gasteiger partial charge in [-0.2, -0.15) is 0 Å². The van der Waals surface area contributed by atoms with Crippen molar-refractivity contribution >= 4 is 0 Å². The molecule has 0 amide bonds. The Kier molecular flexibility index (Phi) is 4.38. The summed E-state index contributed by atoms with van der Waals surface area (Å²) < 4.78 is 0. The lowest BCUT2D eigenvalue weighted by Crippen LogP contribution is -2.49. The Bertz CT molecular complexity index is 303. The average molecular weight is 264 g/mol. The molecular formula is C19H36. The highest BCUT2D eigenvalue weighted by molar-refractivity contribution is 5.02. The second-order valence-electron chi connectivity index (χ2n) is 8.87. The summed E-state index contributed by atoms with van der Waals surface area (Å²) >= 11 is 0. The van der Waals surface area contributed by atoms with Crippen molar-refractivity contribution in [3.63, 3.8) is 0 Å². The van der Waals surface area contributed by atoms with E-state index < -0.39 is 0 Å². The summed E-state index contributed by atoms with van der Waals surface area (Å²) in [4.78, 5) is 0. The van der Waals surface area contributed by atoms with Gasteiger partial charge in [-0.1, -0.05) is 73.1 Å². The molecule has 2 aliphatic rings. The van der Waals surface area contributed by atoms with Gasteiger partial charge < -0.3 is 0 Å². The largest absolute Gasteiger partial charge is 0.0625 e. The molecule has 0 saturated heterocycles. The molecule has 19 heavy (non-hydrogen) atoms. The Hall–Kier alpha value is 0. The zero-order chi connectivity index (χ0) is 14.1. The minimum Gasteiger partial charge on any atom is -0.0625 e. The van der Waals surface area contributed by atoms with Gasteiger partial charge >= 0.3 is 0 Å². The van der Waals surface area contributed by atoms with E-state index in [0.29, 0.717) is 16.2 Å². The molecule has 0 heteroatoms. The molecule has 2 rings (SSSR count). The summed E-state index contributed by atoms with van der Waals surface area (Å²) in [5.74, 6) is 0.947. The fourth-order valence-electron chi connectivity index (χ4n) is 5.19. The maximum absolute atomic E-state index is 2.65. The van der Waals surface area contributed by atoms with Gasteiger partial charge in [0.2, 0.25) is 0 Å². The summed E-state index contributed by atoms with van der Waals surface area (Å²) in [6.07, 6.45) is 14.6. The standard InChI is InChI=1S/C19H36/c1-16-10-9-14-18(4)13-8-6-7-12-17(2,3)19(18,5)15-11-16/h16H,6-15H2,1-5H3. The maximum atomic E-state index is 2.65. The van der Waals surface area contributed by atoms with Gasteiger partial charge in [0.1, 0.15) is 0 Å². The van der Waals surface area contributed by atoms with E-state index in [0.717, 1.165) is 5.92 Å².